The number of aliphatic carboxylic acids is 1. The molecule has 4 rings (SSSR count). The number of nitrogens with zero attached hydrogens (tertiary/aromatic N) is 2. The topological polar surface area (TPSA) is 92.2 Å². The summed E-state index contributed by atoms with van der Waals surface area (Å²) in [6.45, 7) is 6.26. The fraction of sp³-hybridized carbons (Fsp3) is 0.200. The van der Waals surface area contributed by atoms with Gasteiger partial charge in [0.1, 0.15) is 11.9 Å². The van der Waals surface area contributed by atoms with E-state index in [1.165, 1.54) is 12.1 Å². The van der Waals surface area contributed by atoms with Crippen LogP contribution in [0.25, 0.3) is 22.5 Å². The molecule has 0 aliphatic rings. The van der Waals surface area contributed by atoms with Gasteiger partial charge in [0.2, 0.25) is 0 Å². The molecule has 0 fully saturated rings. The van der Waals surface area contributed by atoms with Crippen LogP contribution in [0.1, 0.15) is 42.3 Å². The quantitative estimate of drug-likeness (QED) is 0.343. The lowest BCUT2D eigenvalue weighted by atomic mass is 9.86. The number of carbonyl (C=O) groups is 2. The van der Waals surface area contributed by atoms with Gasteiger partial charge in [-0.25, -0.2) is 19.2 Å². The van der Waals surface area contributed by atoms with Crippen molar-refractivity contribution in [1.29, 1.82) is 0 Å². The van der Waals surface area contributed by atoms with E-state index in [4.69, 9.17) is 0 Å². The highest BCUT2D eigenvalue weighted by Gasteiger charge is 2.22. The molecule has 0 saturated heterocycles. The molecule has 37 heavy (non-hydrogen) atoms. The minimum Gasteiger partial charge on any atom is -0.480 e. The van der Waals surface area contributed by atoms with E-state index in [9.17, 15) is 19.1 Å². The molecule has 0 bridgehead atoms. The molecule has 0 aliphatic carbocycles. The fourth-order valence-electron chi connectivity index (χ4n) is 3.88. The van der Waals surface area contributed by atoms with E-state index < -0.39 is 17.9 Å². The number of nitrogens with one attached hydrogen (secondary N) is 1. The van der Waals surface area contributed by atoms with Crippen molar-refractivity contribution >= 4 is 11.9 Å². The summed E-state index contributed by atoms with van der Waals surface area (Å²) in [6, 6.07) is 19.5. The van der Waals surface area contributed by atoms with Gasteiger partial charge in [-0.2, -0.15) is 0 Å². The number of aromatic nitrogens is 2. The first-order valence-corrected chi connectivity index (χ1v) is 11.9. The second-order valence-corrected chi connectivity index (χ2v) is 9.90. The summed E-state index contributed by atoms with van der Waals surface area (Å²) >= 11 is 0. The molecule has 0 saturated carbocycles. The lowest BCUT2D eigenvalue weighted by molar-refractivity contribution is -0.139. The molecular formula is C30H28FN3O3. The van der Waals surface area contributed by atoms with Crippen LogP contribution in [0.5, 0.6) is 0 Å². The number of carbonyl (C=O) groups excluding carboxylic acids is 1. The molecule has 1 unspecified atom stereocenters. The Labute approximate surface area is 215 Å². The van der Waals surface area contributed by atoms with E-state index >= 15 is 0 Å². The van der Waals surface area contributed by atoms with Gasteiger partial charge in [0.25, 0.3) is 5.91 Å². The zero-order valence-electron chi connectivity index (χ0n) is 20.9. The molecule has 188 valence electrons. The van der Waals surface area contributed by atoms with Gasteiger partial charge in [0.05, 0.1) is 0 Å². The van der Waals surface area contributed by atoms with E-state index in [1.54, 1.807) is 60.9 Å². The molecule has 0 spiro atoms. The second-order valence-electron chi connectivity index (χ2n) is 9.90. The van der Waals surface area contributed by atoms with Crippen LogP contribution in [0.2, 0.25) is 0 Å². The first-order chi connectivity index (χ1) is 17.6. The third-order valence-electron chi connectivity index (χ3n) is 6.08. The Kier molecular flexibility index (Phi) is 7.43. The molecule has 1 heterocycles. The predicted molar refractivity (Wildman–Crippen MR) is 141 cm³/mol. The number of halogens is 1. The maximum absolute atomic E-state index is 13.5. The molecule has 0 aliphatic heterocycles. The zero-order chi connectivity index (χ0) is 26.6. The highest BCUT2D eigenvalue weighted by atomic mass is 19.1. The zero-order valence-corrected chi connectivity index (χ0v) is 20.9. The number of carboxylic acid groups (broad SMARTS) is 1. The molecule has 3 aromatic carbocycles. The van der Waals surface area contributed by atoms with E-state index in [2.05, 4.69) is 36.1 Å². The molecule has 4 aromatic rings. The van der Waals surface area contributed by atoms with Crippen LogP contribution in [0.4, 0.5) is 4.39 Å². The summed E-state index contributed by atoms with van der Waals surface area (Å²) in [7, 11) is 0. The maximum atomic E-state index is 13.5. The van der Waals surface area contributed by atoms with Gasteiger partial charge in [-0.15, -0.1) is 0 Å². The molecule has 1 aromatic heterocycles. The normalized spacial score (nSPS) is 12.1. The number of hydrogen-bond donors (Lipinski definition) is 2. The monoisotopic (exact) mass is 497 g/mol. The van der Waals surface area contributed by atoms with E-state index in [1.807, 2.05) is 12.1 Å². The molecule has 1 atom stereocenters. The second kappa shape index (κ2) is 10.7. The van der Waals surface area contributed by atoms with E-state index in [0.29, 0.717) is 22.5 Å². The Balaban J connectivity index is 1.42. The van der Waals surface area contributed by atoms with Crippen LogP contribution in [0, 0.1) is 5.82 Å². The Morgan fingerprint density at radius 1 is 0.892 bits per heavy atom. The van der Waals surface area contributed by atoms with Gasteiger partial charge in [0, 0.05) is 35.5 Å². The Morgan fingerprint density at radius 3 is 2.11 bits per heavy atom. The minimum atomic E-state index is -1.11. The SMILES string of the molecule is CC(C)(C)c1ccc(C(=O)NC(Cc2ccc(-c3ncc(-c4cccc(F)c4)cn3)cc2)C(=O)O)cc1. The summed E-state index contributed by atoms with van der Waals surface area (Å²) in [5.74, 6) is -1.38. The van der Waals surface area contributed by atoms with Crippen LogP contribution in [0.15, 0.2) is 85.2 Å². The number of amides is 1. The largest absolute Gasteiger partial charge is 0.480 e. The number of benzene rings is 3. The van der Waals surface area contributed by atoms with Crippen LogP contribution in [-0.2, 0) is 16.6 Å². The molecule has 6 nitrogen and oxygen atoms in total. The Morgan fingerprint density at radius 2 is 1.54 bits per heavy atom. The van der Waals surface area contributed by atoms with E-state index in [-0.39, 0.29) is 17.7 Å². The number of carboxylic acids is 1. The highest BCUT2D eigenvalue weighted by Crippen LogP contribution is 2.23. The van der Waals surface area contributed by atoms with E-state index in [0.717, 1.165) is 16.7 Å². The fourth-order valence-corrected chi connectivity index (χ4v) is 3.88. The van der Waals surface area contributed by atoms with Crippen molar-refractivity contribution in [3.8, 4) is 22.5 Å². The van der Waals surface area contributed by atoms with Gasteiger partial charge in [-0.1, -0.05) is 69.3 Å². The van der Waals surface area contributed by atoms with Crippen molar-refractivity contribution < 1.29 is 19.1 Å². The van der Waals surface area contributed by atoms with Crippen LogP contribution in [0.3, 0.4) is 0 Å². The maximum Gasteiger partial charge on any atom is 0.326 e. The van der Waals surface area contributed by atoms with Crippen molar-refractivity contribution in [2.75, 3.05) is 0 Å². The lowest BCUT2D eigenvalue weighted by Gasteiger charge is -2.19. The Bertz CT molecular complexity index is 1390. The minimum absolute atomic E-state index is 0.0425. The molecule has 7 heteroatoms. The third-order valence-corrected chi connectivity index (χ3v) is 6.08. The van der Waals surface area contributed by atoms with Gasteiger partial charge < -0.3 is 10.4 Å². The van der Waals surface area contributed by atoms with Crippen molar-refractivity contribution in [2.45, 2.75) is 38.6 Å². The van der Waals surface area contributed by atoms with Gasteiger partial charge >= 0.3 is 5.97 Å². The molecule has 0 radical (unpaired) electrons. The smallest absolute Gasteiger partial charge is 0.326 e. The highest BCUT2D eigenvalue weighted by molar-refractivity contribution is 5.96. The van der Waals surface area contributed by atoms with Gasteiger partial charge in [0.15, 0.2) is 5.82 Å². The van der Waals surface area contributed by atoms with Crippen LogP contribution >= 0.6 is 0 Å². The summed E-state index contributed by atoms with van der Waals surface area (Å²) < 4.78 is 13.5. The molecule has 1 amide bonds. The summed E-state index contributed by atoms with van der Waals surface area (Å²) in [4.78, 5) is 33.3. The predicted octanol–water partition coefficient (Wildman–Crippen LogP) is 5.67. The van der Waals surface area contributed by atoms with Crippen LogP contribution in [-0.4, -0.2) is 33.0 Å². The van der Waals surface area contributed by atoms with Crippen molar-refractivity contribution in [2.24, 2.45) is 0 Å². The number of rotatable bonds is 7. The van der Waals surface area contributed by atoms with Crippen molar-refractivity contribution in [3.05, 3.63) is 108 Å². The molecule has 2 N–H and O–H groups in total. The van der Waals surface area contributed by atoms with Gasteiger partial charge in [-0.05, 0) is 46.4 Å². The average molecular weight is 498 g/mol. The average Bonchev–Trinajstić information content (AvgIpc) is 2.88. The Hall–Kier alpha value is -4.39. The summed E-state index contributed by atoms with van der Waals surface area (Å²) in [5.41, 5.74) is 4.35. The lowest BCUT2D eigenvalue weighted by Crippen LogP contribution is -2.42. The third kappa shape index (κ3) is 6.44. The van der Waals surface area contributed by atoms with Crippen LogP contribution < -0.4 is 5.32 Å². The summed E-state index contributed by atoms with van der Waals surface area (Å²) in [5, 5.41) is 12.3. The first-order valence-electron chi connectivity index (χ1n) is 11.9. The standard InChI is InChI=1S/C30H28FN3O3/c1-30(2,3)24-13-11-21(12-14-24)28(35)34-26(29(36)37)15-19-7-9-20(10-8-19)27-32-17-23(18-33-27)22-5-4-6-25(31)16-22/h4-14,16-18,26H,15H2,1-3H3,(H,34,35)(H,36,37). The van der Waals surface area contributed by atoms with Crippen molar-refractivity contribution in [1.82, 2.24) is 15.3 Å². The summed E-state index contributed by atoms with van der Waals surface area (Å²) in [6.07, 6.45) is 3.39. The molecular weight excluding hydrogens is 469 g/mol. The first kappa shape index (κ1) is 25.7. The number of hydrogen-bond acceptors (Lipinski definition) is 4. The van der Waals surface area contributed by atoms with Gasteiger partial charge in [-0.3, -0.25) is 4.79 Å². The van der Waals surface area contributed by atoms with Crippen molar-refractivity contribution in [3.63, 3.8) is 0 Å².